The molecule has 0 fully saturated rings. The third kappa shape index (κ3) is 4.28. The summed E-state index contributed by atoms with van der Waals surface area (Å²) in [6.45, 7) is 0. The molecule has 2 aromatic carbocycles. The molecule has 1 heterocycles. The van der Waals surface area contributed by atoms with E-state index in [9.17, 15) is 9.18 Å². The predicted molar refractivity (Wildman–Crippen MR) is 96.6 cm³/mol. The molecule has 3 nitrogen and oxygen atoms in total. The van der Waals surface area contributed by atoms with Crippen LogP contribution in [0.5, 0.6) is 0 Å². The van der Waals surface area contributed by atoms with Crippen molar-refractivity contribution >= 4 is 40.1 Å². The van der Waals surface area contributed by atoms with Crippen molar-refractivity contribution in [1.29, 1.82) is 0 Å². The molecule has 0 saturated carbocycles. The minimum atomic E-state index is -0.311. The topological polar surface area (TPSA) is 42.0 Å². The van der Waals surface area contributed by atoms with Gasteiger partial charge >= 0.3 is 0 Å². The zero-order valence-electron chi connectivity index (χ0n) is 12.4. The van der Waals surface area contributed by atoms with E-state index in [1.54, 1.807) is 30.3 Å². The van der Waals surface area contributed by atoms with Gasteiger partial charge in [0, 0.05) is 22.0 Å². The smallest absolute Gasteiger partial charge is 0.250 e. The van der Waals surface area contributed by atoms with Gasteiger partial charge in [0.25, 0.3) is 0 Å². The number of hydrogen-bond acceptors (Lipinski definition) is 3. The Morgan fingerprint density at radius 2 is 1.83 bits per heavy atom. The molecule has 0 atom stereocenters. The molecular formula is C18H12ClFN2OS. The lowest BCUT2D eigenvalue weighted by atomic mass is 10.2. The summed E-state index contributed by atoms with van der Waals surface area (Å²) < 4.78 is 12.8. The van der Waals surface area contributed by atoms with Crippen molar-refractivity contribution in [1.82, 2.24) is 4.98 Å². The van der Waals surface area contributed by atoms with Crippen LogP contribution in [-0.4, -0.2) is 10.9 Å². The minimum absolute atomic E-state index is 0.295. The Labute approximate surface area is 147 Å². The number of nitrogens with zero attached hydrogens (tertiary/aromatic N) is 1. The van der Waals surface area contributed by atoms with Crippen LogP contribution in [0, 0.1) is 5.82 Å². The Kier molecular flexibility index (Phi) is 5.03. The molecule has 0 aliphatic carbocycles. The molecule has 3 aromatic rings. The Balaban J connectivity index is 1.64. The summed E-state index contributed by atoms with van der Waals surface area (Å²) in [6.07, 6.45) is 3.00. The first-order valence-corrected chi connectivity index (χ1v) is 8.32. The highest BCUT2D eigenvalue weighted by atomic mass is 35.5. The van der Waals surface area contributed by atoms with E-state index in [4.69, 9.17) is 11.6 Å². The molecule has 1 N–H and O–H groups in total. The highest BCUT2D eigenvalue weighted by Crippen LogP contribution is 2.25. The van der Waals surface area contributed by atoms with Crippen LogP contribution in [0.1, 0.15) is 5.56 Å². The van der Waals surface area contributed by atoms with Gasteiger partial charge < -0.3 is 0 Å². The third-order valence-electron chi connectivity index (χ3n) is 3.17. The van der Waals surface area contributed by atoms with E-state index >= 15 is 0 Å². The van der Waals surface area contributed by atoms with Crippen LogP contribution in [0.15, 0.2) is 60.0 Å². The number of carbonyl (C=O) groups is 1. The van der Waals surface area contributed by atoms with Crippen LogP contribution in [0.25, 0.3) is 17.3 Å². The Bertz CT molecular complexity index is 873. The van der Waals surface area contributed by atoms with Crippen LogP contribution in [0.2, 0.25) is 5.02 Å². The first-order chi connectivity index (χ1) is 11.6. The minimum Gasteiger partial charge on any atom is -0.298 e. The van der Waals surface area contributed by atoms with Gasteiger partial charge in [0.2, 0.25) is 5.91 Å². The predicted octanol–water partition coefficient (Wildman–Crippen LogP) is 5.25. The second-order valence-corrected chi connectivity index (χ2v) is 6.21. The van der Waals surface area contributed by atoms with Gasteiger partial charge in [-0.15, -0.1) is 11.3 Å². The largest absolute Gasteiger partial charge is 0.298 e. The standard InChI is InChI=1S/C18H12ClFN2OS/c19-14-6-4-13(5-7-14)16-11-24-18(21-16)22-17(23)10-3-12-1-8-15(20)9-2-12/h1-11H,(H,21,22,23)/b10-3+. The van der Waals surface area contributed by atoms with Crippen molar-refractivity contribution in [2.45, 2.75) is 0 Å². The number of thiazole rings is 1. The number of carbonyl (C=O) groups excluding carboxylic acids is 1. The number of halogens is 2. The van der Waals surface area contributed by atoms with E-state index in [-0.39, 0.29) is 11.7 Å². The lowest BCUT2D eigenvalue weighted by molar-refractivity contribution is -0.111. The second kappa shape index (κ2) is 7.38. The van der Waals surface area contributed by atoms with Gasteiger partial charge in [0.15, 0.2) is 5.13 Å². The zero-order valence-corrected chi connectivity index (χ0v) is 13.9. The van der Waals surface area contributed by atoms with Crippen molar-refractivity contribution in [3.05, 3.63) is 76.4 Å². The number of amides is 1. The molecule has 1 aromatic heterocycles. The van der Waals surface area contributed by atoms with Gasteiger partial charge in [-0.25, -0.2) is 9.37 Å². The molecule has 6 heteroatoms. The van der Waals surface area contributed by atoms with Gasteiger partial charge in [0.1, 0.15) is 5.82 Å². The Morgan fingerprint density at radius 3 is 2.54 bits per heavy atom. The lowest BCUT2D eigenvalue weighted by Crippen LogP contribution is -2.07. The number of aromatic nitrogens is 1. The molecule has 0 aliphatic rings. The van der Waals surface area contributed by atoms with E-state index in [2.05, 4.69) is 10.3 Å². The van der Waals surface area contributed by atoms with Gasteiger partial charge in [-0.2, -0.15) is 0 Å². The summed E-state index contributed by atoms with van der Waals surface area (Å²) in [5.74, 6) is -0.606. The second-order valence-electron chi connectivity index (χ2n) is 4.92. The van der Waals surface area contributed by atoms with Gasteiger partial charge in [0.05, 0.1) is 5.69 Å². The van der Waals surface area contributed by atoms with Crippen LogP contribution < -0.4 is 5.32 Å². The number of nitrogens with one attached hydrogen (secondary N) is 1. The highest BCUT2D eigenvalue weighted by Gasteiger charge is 2.06. The summed E-state index contributed by atoms with van der Waals surface area (Å²) in [5, 5.41) is 5.74. The van der Waals surface area contributed by atoms with Crippen molar-refractivity contribution in [2.24, 2.45) is 0 Å². The van der Waals surface area contributed by atoms with E-state index in [0.29, 0.717) is 10.2 Å². The summed E-state index contributed by atoms with van der Waals surface area (Å²) in [6, 6.07) is 13.2. The number of hydrogen-bond donors (Lipinski definition) is 1. The quantitative estimate of drug-likeness (QED) is 0.647. The maximum Gasteiger partial charge on any atom is 0.250 e. The fourth-order valence-corrected chi connectivity index (χ4v) is 2.83. The van der Waals surface area contributed by atoms with Crippen molar-refractivity contribution in [3.63, 3.8) is 0 Å². The maximum atomic E-state index is 12.8. The molecule has 120 valence electrons. The average molecular weight is 359 g/mol. The fourth-order valence-electron chi connectivity index (χ4n) is 1.98. The Morgan fingerprint density at radius 1 is 1.12 bits per heavy atom. The van der Waals surface area contributed by atoms with E-state index in [0.717, 1.165) is 16.8 Å². The summed E-state index contributed by atoms with van der Waals surface area (Å²) in [5.41, 5.74) is 2.44. The van der Waals surface area contributed by atoms with Gasteiger partial charge in [-0.3, -0.25) is 10.1 Å². The normalized spacial score (nSPS) is 10.9. The summed E-state index contributed by atoms with van der Waals surface area (Å²) in [4.78, 5) is 16.3. The molecule has 0 spiro atoms. The number of rotatable bonds is 4. The first-order valence-electron chi connectivity index (χ1n) is 7.06. The third-order valence-corrected chi connectivity index (χ3v) is 4.18. The van der Waals surface area contributed by atoms with Gasteiger partial charge in [-0.05, 0) is 35.9 Å². The summed E-state index contributed by atoms with van der Waals surface area (Å²) in [7, 11) is 0. The molecular weight excluding hydrogens is 347 g/mol. The molecule has 0 saturated heterocycles. The van der Waals surface area contributed by atoms with Crippen LogP contribution in [0.3, 0.4) is 0 Å². The molecule has 3 rings (SSSR count). The van der Waals surface area contributed by atoms with E-state index in [1.807, 2.05) is 17.5 Å². The monoisotopic (exact) mass is 358 g/mol. The maximum absolute atomic E-state index is 12.8. The van der Waals surface area contributed by atoms with E-state index < -0.39 is 0 Å². The fraction of sp³-hybridized carbons (Fsp3) is 0. The van der Waals surface area contributed by atoms with Crippen LogP contribution >= 0.6 is 22.9 Å². The molecule has 0 bridgehead atoms. The van der Waals surface area contributed by atoms with Crippen molar-refractivity contribution in [2.75, 3.05) is 5.32 Å². The first kappa shape index (κ1) is 16.4. The van der Waals surface area contributed by atoms with Crippen molar-refractivity contribution < 1.29 is 9.18 Å². The lowest BCUT2D eigenvalue weighted by Gasteiger charge is -1.98. The Hall–Kier alpha value is -2.50. The molecule has 0 aliphatic heterocycles. The average Bonchev–Trinajstić information content (AvgIpc) is 3.03. The van der Waals surface area contributed by atoms with Crippen molar-refractivity contribution in [3.8, 4) is 11.3 Å². The van der Waals surface area contributed by atoms with Crippen LogP contribution in [-0.2, 0) is 4.79 Å². The molecule has 1 amide bonds. The van der Waals surface area contributed by atoms with Gasteiger partial charge in [-0.1, -0.05) is 35.9 Å². The van der Waals surface area contributed by atoms with Crippen LogP contribution in [0.4, 0.5) is 9.52 Å². The highest BCUT2D eigenvalue weighted by molar-refractivity contribution is 7.14. The zero-order chi connectivity index (χ0) is 16.9. The van der Waals surface area contributed by atoms with E-state index in [1.165, 1.54) is 29.5 Å². The summed E-state index contributed by atoms with van der Waals surface area (Å²) >= 11 is 7.20. The molecule has 0 radical (unpaired) electrons. The number of benzene rings is 2. The molecule has 24 heavy (non-hydrogen) atoms. The molecule has 0 unspecified atom stereocenters. The SMILES string of the molecule is O=C(/C=C/c1ccc(F)cc1)Nc1nc(-c2ccc(Cl)cc2)cs1. The number of anilines is 1.